The second kappa shape index (κ2) is 10.8. The second-order valence-electron chi connectivity index (χ2n) is 10.1. The minimum Gasteiger partial charge on any atom is -0.369 e. The van der Waals surface area contributed by atoms with Crippen LogP contribution in [0.2, 0.25) is 0 Å². The number of hydrogen-bond acceptors (Lipinski definition) is 8. The fraction of sp³-hybridized carbons (Fsp3) is 0.276. The molecule has 6 rings (SSSR count). The van der Waals surface area contributed by atoms with Crippen molar-refractivity contribution in [3.63, 3.8) is 0 Å². The van der Waals surface area contributed by atoms with E-state index in [2.05, 4.69) is 61.5 Å². The van der Waals surface area contributed by atoms with Crippen molar-refractivity contribution in [2.75, 3.05) is 55.4 Å². The van der Waals surface area contributed by atoms with E-state index < -0.39 is 6.23 Å². The standard InChI is InChI=1S/C29H33N9O/c1-35-11-13-37(14-12-35)24-10-6-9-23(15-24)32-29(39)25-16-28-33-27(36(2)20-21-7-4-3-5-8-21)17-26(38(28)34-25)22-18-30-31-19-22/h3-10,15-19,29,32,39H,11-14,20H2,1-2H3,(H,30,31). The zero-order valence-corrected chi connectivity index (χ0v) is 22.2. The van der Waals surface area contributed by atoms with Gasteiger partial charge in [0.15, 0.2) is 11.9 Å². The Morgan fingerprint density at radius 2 is 1.85 bits per heavy atom. The van der Waals surface area contributed by atoms with Gasteiger partial charge in [-0.05, 0) is 30.8 Å². The SMILES string of the molecule is CN1CCN(c2cccc(NC(O)c3cc4nc(N(C)Cc5ccccc5)cc(-c5cn[nH]c5)n4n3)c2)CC1. The van der Waals surface area contributed by atoms with Gasteiger partial charge < -0.3 is 25.1 Å². The van der Waals surface area contributed by atoms with E-state index in [1.165, 1.54) is 5.56 Å². The number of likely N-dealkylation sites (N-methyl/N-ethyl adjacent to an activating group) is 1. The smallest absolute Gasteiger partial charge is 0.170 e. The zero-order chi connectivity index (χ0) is 26.8. The van der Waals surface area contributed by atoms with Crippen molar-refractivity contribution < 1.29 is 5.11 Å². The van der Waals surface area contributed by atoms with Gasteiger partial charge in [0.25, 0.3) is 0 Å². The lowest BCUT2D eigenvalue weighted by molar-refractivity contribution is 0.203. The van der Waals surface area contributed by atoms with Crippen LogP contribution in [-0.4, -0.2) is 75.1 Å². The molecule has 4 heterocycles. The Hall–Kier alpha value is -4.41. The third-order valence-electron chi connectivity index (χ3n) is 7.18. The van der Waals surface area contributed by atoms with Gasteiger partial charge >= 0.3 is 0 Å². The van der Waals surface area contributed by atoms with E-state index in [-0.39, 0.29) is 0 Å². The summed E-state index contributed by atoms with van der Waals surface area (Å²) in [6.07, 6.45) is 2.59. The maximum Gasteiger partial charge on any atom is 0.170 e. The minimum absolute atomic E-state index is 0.486. The molecule has 200 valence electrons. The molecule has 1 fully saturated rings. The molecule has 3 N–H and O–H groups in total. The maximum atomic E-state index is 11.1. The van der Waals surface area contributed by atoms with Crippen molar-refractivity contribution in [3.8, 4) is 11.3 Å². The van der Waals surface area contributed by atoms with Crippen LogP contribution >= 0.6 is 0 Å². The third kappa shape index (κ3) is 5.43. The number of nitrogens with one attached hydrogen (secondary N) is 2. The summed E-state index contributed by atoms with van der Waals surface area (Å²) in [6.45, 7) is 4.76. The van der Waals surface area contributed by atoms with E-state index in [4.69, 9.17) is 10.1 Å². The fourth-order valence-electron chi connectivity index (χ4n) is 4.93. The van der Waals surface area contributed by atoms with Crippen LogP contribution < -0.4 is 15.1 Å². The Kier molecular flexibility index (Phi) is 6.87. The van der Waals surface area contributed by atoms with Gasteiger partial charge in [-0.1, -0.05) is 36.4 Å². The lowest BCUT2D eigenvalue weighted by Crippen LogP contribution is -2.44. The summed E-state index contributed by atoms with van der Waals surface area (Å²) < 4.78 is 1.76. The lowest BCUT2D eigenvalue weighted by Gasteiger charge is -2.34. The molecule has 0 radical (unpaired) electrons. The molecule has 10 nitrogen and oxygen atoms in total. The highest BCUT2D eigenvalue weighted by molar-refractivity contribution is 5.67. The Morgan fingerprint density at radius 1 is 1.03 bits per heavy atom. The van der Waals surface area contributed by atoms with Crippen molar-refractivity contribution in [2.24, 2.45) is 0 Å². The molecule has 5 aromatic rings. The van der Waals surface area contributed by atoms with Gasteiger partial charge in [0, 0.05) is 75.0 Å². The van der Waals surface area contributed by atoms with Gasteiger partial charge in [-0.15, -0.1) is 0 Å². The van der Waals surface area contributed by atoms with Gasteiger partial charge in [-0.2, -0.15) is 10.2 Å². The molecule has 0 aliphatic carbocycles. The quantitative estimate of drug-likeness (QED) is 0.265. The molecule has 1 saturated heterocycles. The zero-order valence-electron chi connectivity index (χ0n) is 22.2. The molecule has 0 spiro atoms. The number of benzene rings is 2. The van der Waals surface area contributed by atoms with Crippen LogP contribution in [0, 0.1) is 0 Å². The molecular weight excluding hydrogens is 490 g/mol. The van der Waals surface area contributed by atoms with Gasteiger partial charge in [0.1, 0.15) is 11.5 Å². The number of aromatic amines is 1. The van der Waals surface area contributed by atoms with Gasteiger partial charge in [-0.25, -0.2) is 9.50 Å². The maximum absolute atomic E-state index is 11.1. The topological polar surface area (TPSA) is 101 Å². The number of aromatic nitrogens is 5. The molecule has 1 aliphatic rings. The van der Waals surface area contributed by atoms with E-state index in [1.807, 2.05) is 55.7 Å². The van der Waals surface area contributed by atoms with E-state index in [9.17, 15) is 5.11 Å². The van der Waals surface area contributed by atoms with Crippen molar-refractivity contribution in [3.05, 3.63) is 90.4 Å². The molecule has 0 saturated carbocycles. The number of aliphatic hydroxyl groups excluding tert-OH is 1. The van der Waals surface area contributed by atoms with E-state index in [0.29, 0.717) is 17.9 Å². The van der Waals surface area contributed by atoms with Crippen LogP contribution in [0.5, 0.6) is 0 Å². The molecule has 3 aromatic heterocycles. The summed E-state index contributed by atoms with van der Waals surface area (Å²) in [5.74, 6) is 0.802. The van der Waals surface area contributed by atoms with Crippen LogP contribution in [0.25, 0.3) is 16.9 Å². The number of nitrogens with zero attached hydrogens (tertiary/aromatic N) is 7. The molecular formula is C29H33N9O. The molecule has 1 aliphatic heterocycles. The van der Waals surface area contributed by atoms with Crippen molar-refractivity contribution >= 4 is 22.8 Å². The number of aliphatic hydroxyl groups is 1. The summed E-state index contributed by atoms with van der Waals surface area (Å²) in [7, 11) is 4.17. The average molecular weight is 524 g/mol. The minimum atomic E-state index is -1.00. The first-order chi connectivity index (χ1) is 19.0. The molecule has 1 unspecified atom stereocenters. The summed E-state index contributed by atoms with van der Waals surface area (Å²) in [5, 5.41) is 26.1. The van der Waals surface area contributed by atoms with E-state index >= 15 is 0 Å². The largest absolute Gasteiger partial charge is 0.369 e. The summed E-state index contributed by atoms with van der Waals surface area (Å²) in [4.78, 5) is 11.7. The van der Waals surface area contributed by atoms with Crippen molar-refractivity contribution in [1.29, 1.82) is 0 Å². The number of H-pyrrole nitrogens is 1. The first-order valence-electron chi connectivity index (χ1n) is 13.2. The van der Waals surface area contributed by atoms with E-state index in [0.717, 1.165) is 54.6 Å². The molecule has 0 amide bonds. The Bertz CT molecular complexity index is 1530. The summed E-state index contributed by atoms with van der Waals surface area (Å²) >= 11 is 0. The Balaban J connectivity index is 1.27. The molecule has 2 aromatic carbocycles. The number of fused-ring (bicyclic) bond motifs is 1. The lowest BCUT2D eigenvalue weighted by atomic mass is 10.2. The summed E-state index contributed by atoms with van der Waals surface area (Å²) in [6, 6.07) is 22.3. The molecule has 39 heavy (non-hydrogen) atoms. The third-order valence-corrected chi connectivity index (χ3v) is 7.18. The van der Waals surface area contributed by atoms with E-state index in [1.54, 1.807) is 10.7 Å². The highest BCUT2D eigenvalue weighted by Crippen LogP contribution is 2.28. The van der Waals surface area contributed by atoms with Gasteiger partial charge in [0.05, 0.1) is 11.9 Å². The van der Waals surface area contributed by atoms with Gasteiger partial charge in [0.2, 0.25) is 0 Å². The van der Waals surface area contributed by atoms with Crippen molar-refractivity contribution in [1.82, 2.24) is 29.7 Å². The molecule has 0 bridgehead atoms. The summed E-state index contributed by atoms with van der Waals surface area (Å²) in [5.41, 5.74) is 6.02. The normalized spacial score (nSPS) is 15.0. The molecule has 1 atom stereocenters. The van der Waals surface area contributed by atoms with Gasteiger partial charge in [-0.3, -0.25) is 5.10 Å². The first-order valence-corrected chi connectivity index (χ1v) is 13.2. The highest BCUT2D eigenvalue weighted by atomic mass is 16.3. The number of anilines is 3. The highest BCUT2D eigenvalue weighted by Gasteiger charge is 2.19. The Labute approximate surface area is 227 Å². The van der Waals surface area contributed by atoms with Crippen LogP contribution in [0.3, 0.4) is 0 Å². The Morgan fingerprint density at radius 3 is 2.62 bits per heavy atom. The predicted octanol–water partition coefficient (Wildman–Crippen LogP) is 3.61. The number of hydrogen-bond donors (Lipinski definition) is 3. The van der Waals surface area contributed by atoms with Crippen LogP contribution in [0.4, 0.5) is 17.2 Å². The second-order valence-corrected chi connectivity index (χ2v) is 10.1. The fourth-order valence-corrected chi connectivity index (χ4v) is 4.93. The van der Waals surface area contributed by atoms with Crippen LogP contribution in [0.15, 0.2) is 79.1 Å². The van der Waals surface area contributed by atoms with Crippen LogP contribution in [-0.2, 0) is 6.54 Å². The molecule has 10 heteroatoms. The number of piperazine rings is 1. The average Bonchev–Trinajstić information content (AvgIpc) is 3.64. The van der Waals surface area contributed by atoms with Crippen molar-refractivity contribution in [2.45, 2.75) is 12.8 Å². The first kappa shape index (κ1) is 24.9. The monoisotopic (exact) mass is 523 g/mol. The number of rotatable bonds is 8. The van der Waals surface area contributed by atoms with Crippen LogP contribution in [0.1, 0.15) is 17.5 Å². The predicted molar refractivity (Wildman–Crippen MR) is 154 cm³/mol.